The second kappa shape index (κ2) is 9.17. The van der Waals surface area contributed by atoms with Crippen LogP contribution in [-0.4, -0.2) is 67.1 Å². The van der Waals surface area contributed by atoms with Crippen LogP contribution >= 0.6 is 27.5 Å². The van der Waals surface area contributed by atoms with Crippen molar-refractivity contribution in [2.45, 2.75) is 0 Å². The molecule has 2 heterocycles. The van der Waals surface area contributed by atoms with Crippen molar-refractivity contribution in [3.05, 3.63) is 51.7 Å². The van der Waals surface area contributed by atoms with Crippen LogP contribution in [0.4, 0.5) is 5.95 Å². The van der Waals surface area contributed by atoms with Crippen molar-refractivity contribution in [3.63, 3.8) is 0 Å². The zero-order valence-electron chi connectivity index (χ0n) is 14.9. The molecule has 0 spiro atoms. The lowest BCUT2D eigenvalue weighted by molar-refractivity contribution is 0.0956. The number of carbonyl (C=O) groups is 1. The largest absolute Gasteiger partial charge is 0.351 e. The van der Waals surface area contributed by atoms with Crippen molar-refractivity contribution < 1.29 is 13.2 Å². The van der Waals surface area contributed by atoms with Gasteiger partial charge in [-0.15, -0.1) is 0 Å². The van der Waals surface area contributed by atoms with Crippen molar-refractivity contribution in [3.8, 4) is 0 Å². The van der Waals surface area contributed by atoms with Gasteiger partial charge in [-0.05, 0) is 24.3 Å². The van der Waals surface area contributed by atoms with Crippen LogP contribution < -0.4 is 10.2 Å². The monoisotopic (exact) mass is 487 g/mol. The Labute approximate surface area is 177 Å². The van der Waals surface area contributed by atoms with Crippen molar-refractivity contribution >= 4 is 49.4 Å². The van der Waals surface area contributed by atoms with Crippen LogP contribution in [-0.2, 0) is 10.0 Å². The Bertz CT molecular complexity index is 937. The van der Waals surface area contributed by atoms with Crippen molar-refractivity contribution in [2.75, 3.05) is 43.4 Å². The molecule has 0 radical (unpaired) electrons. The molecule has 1 aliphatic heterocycles. The molecule has 1 aromatic heterocycles. The summed E-state index contributed by atoms with van der Waals surface area (Å²) < 4.78 is 27.3. The fourth-order valence-electron chi connectivity index (χ4n) is 2.81. The summed E-state index contributed by atoms with van der Waals surface area (Å²) in [7, 11) is -3.48. The van der Waals surface area contributed by atoms with E-state index < -0.39 is 15.9 Å². The van der Waals surface area contributed by atoms with Gasteiger partial charge in [0, 0.05) is 49.6 Å². The molecule has 11 heteroatoms. The van der Waals surface area contributed by atoms with Crippen LogP contribution in [0.3, 0.4) is 0 Å². The normalized spacial score (nSPS) is 15.4. The highest BCUT2D eigenvalue weighted by atomic mass is 79.9. The minimum absolute atomic E-state index is 0.00597. The number of rotatable bonds is 6. The summed E-state index contributed by atoms with van der Waals surface area (Å²) in [6.07, 6.45) is 3.32. The number of piperazine rings is 1. The fourth-order valence-corrected chi connectivity index (χ4v) is 4.71. The lowest BCUT2D eigenvalue weighted by Crippen LogP contribution is -2.50. The molecule has 1 amide bonds. The van der Waals surface area contributed by atoms with Crippen molar-refractivity contribution in [2.24, 2.45) is 0 Å². The van der Waals surface area contributed by atoms with E-state index in [0.29, 0.717) is 42.7 Å². The number of benzene rings is 1. The number of hydrogen-bond acceptors (Lipinski definition) is 6. The average Bonchev–Trinajstić information content (AvgIpc) is 2.70. The summed E-state index contributed by atoms with van der Waals surface area (Å²) in [5.74, 6) is 0.0110. The third-order valence-corrected chi connectivity index (χ3v) is 6.98. The molecule has 150 valence electrons. The number of aromatic nitrogens is 2. The van der Waals surface area contributed by atoms with Crippen LogP contribution in [0.25, 0.3) is 0 Å². The summed E-state index contributed by atoms with van der Waals surface area (Å²) in [6, 6.07) is 6.66. The zero-order valence-corrected chi connectivity index (χ0v) is 18.0. The molecule has 1 N–H and O–H groups in total. The van der Waals surface area contributed by atoms with E-state index in [-0.39, 0.29) is 12.3 Å². The number of nitrogens with one attached hydrogen (secondary N) is 1. The molecule has 8 nitrogen and oxygen atoms in total. The molecule has 3 rings (SSSR count). The van der Waals surface area contributed by atoms with Crippen LogP contribution in [0.2, 0.25) is 5.02 Å². The van der Waals surface area contributed by atoms with E-state index in [1.165, 1.54) is 4.31 Å². The quantitative estimate of drug-likeness (QED) is 0.666. The summed E-state index contributed by atoms with van der Waals surface area (Å²) in [5.41, 5.74) is 0.296. The van der Waals surface area contributed by atoms with Gasteiger partial charge in [0.25, 0.3) is 5.91 Å². The Kier molecular flexibility index (Phi) is 6.86. The summed E-state index contributed by atoms with van der Waals surface area (Å²) >= 11 is 9.31. The Hall–Kier alpha value is -1.75. The van der Waals surface area contributed by atoms with E-state index in [1.807, 2.05) is 4.90 Å². The van der Waals surface area contributed by atoms with Gasteiger partial charge in [-0.1, -0.05) is 27.5 Å². The van der Waals surface area contributed by atoms with E-state index in [4.69, 9.17) is 11.6 Å². The standard InChI is InChI=1S/C17H19BrClN5O3S/c18-13-2-3-15(19)14(12-13)16(25)20-6-11-28(26,27)24-9-7-23(8-10-24)17-21-4-1-5-22-17/h1-5,12H,6-11H2,(H,20,25). The third-order valence-electron chi connectivity index (χ3n) is 4.29. The molecule has 28 heavy (non-hydrogen) atoms. The molecule has 0 aliphatic carbocycles. The number of nitrogens with zero attached hydrogens (tertiary/aromatic N) is 4. The molecular weight excluding hydrogens is 470 g/mol. The number of sulfonamides is 1. The summed E-state index contributed by atoms with van der Waals surface area (Å²) in [5, 5.41) is 2.92. The van der Waals surface area contributed by atoms with Gasteiger partial charge in [-0.3, -0.25) is 4.79 Å². The lowest BCUT2D eigenvalue weighted by Gasteiger charge is -2.33. The molecule has 1 aromatic carbocycles. The third kappa shape index (κ3) is 5.19. The zero-order chi connectivity index (χ0) is 20.1. The Morgan fingerprint density at radius 3 is 2.54 bits per heavy atom. The first-order valence-corrected chi connectivity index (χ1v) is 11.4. The predicted octanol–water partition coefficient (Wildman–Crippen LogP) is 1.77. The van der Waals surface area contributed by atoms with Crippen LogP contribution in [0.15, 0.2) is 41.1 Å². The molecule has 0 saturated carbocycles. The fraction of sp³-hybridized carbons (Fsp3) is 0.353. The maximum atomic E-state index is 12.6. The van der Waals surface area contributed by atoms with Gasteiger partial charge in [-0.2, -0.15) is 4.31 Å². The smallest absolute Gasteiger partial charge is 0.252 e. The van der Waals surface area contributed by atoms with Crippen LogP contribution in [0, 0.1) is 0 Å². The van der Waals surface area contributed by atoms with Gasteiger partial charge in [-0.25, -0.2) is 18.4 Å². The maximum absolute atomic E-state index is 12.6. The highest BCUT2D eigenvalue weighted by Gasteiger charge is 2.27. The summed E-state index contributed by atoms with van der Waals surface area (Å²) in [4.78, 5) is 22.6. The molecular formula is C17H19BrClN5O3S. The van der Waals surface area contributed by atoms with Crippen molar-refractivity contribution in [1.29, 1.82) is 0 Å². The molecule has 0 atom stereocenters. The van der Waals surface area contributed by atoms with E-state index in [2.05, 4.69) is 31.2 Å². The number of halogens is 2. The molecule has 0 unspecified atom stereocenters. The average molecular weight is 489 g/mol. The maximum Gasteiger partial charge on any atom is 0.252 e. The minimum atomic E-state index is -3.48. The highest BCUT2D eigenvalue weighted by Crippen LogP contribution is 2.20. The number of anilines is 1. The number of hydrogen-bond donors (Lipinski definition) is 1. The number of carbonyl (C=O) groups excluding carboxylic acids is 1. The van der Waals surface area contributed by atoms with Crippen LogP contribution in [0.1, 0.15) is 10.4 Å². The van der Waals surface area contributed by atoms with E-state index in [0.717, 1.165) is 4.47 Å². The topological polar surface area (TPSA) is 95.5 Å². The Balaban J connectivity index is 1.51. The minimum Gasteiger partial charge on any atom is -0.351 e. The second-order valence-corrected chi connectivity index (χ2v) is 9.54. The number of amides is 1. The van der Waals surface area contributed by atoms with Crippen LogP contribution in [0.5, 0.6) is 0 Å². The van der Waals surface area contributed by atoms with Gasteiger partial charge in [0.2, 0.25) is 16.0 Å². The Morgan fingerprint density at radius 1 is 1.18 bits per heavy atom. The predicted molar refractivity (Wildman–Crippen MR) is 111 cm³/mol. The SMILES string of the molecule is O=C(NCCS(=O)(=O)N1CCN(c2ncccn2)CC1)c1cc(Br)ccc1Cl. The lowest BCUT2D eigenvalue weighted by atomic mass is 10.2. The van der Waals surface area contributed by atoms with Crippen molar-refractivity contribution in [1.82, 2.24) is 19.6 Å². The van der Waals surface area contributed by atoms with Gasteiger partial charge >= 0.3 is 0 Å². The van der Waals surface area contributed by atoms with Gasteiger partial charge in [0.15, 0.2) is 0 Å². The van der Waals surface area contributed by atoms with E-state index in [9.17, 15) is 13.2 Å². The second-order valence-electron chi connectivity index (χ2n) is 6.13. The van der Waals surface area contributed by atoms with Gasteiger partial charge in [0.05, 0.1) is 16.3 Å². The first-order chi connectivity index (χ1) is 13.4. The first-order valence-electron chi connectivity index (χ1n) is 8.60. The van der Waals surface area contributed by atoms with Gasteiger partial charge in [0.1, 0.15) is 0 Å². The summed E-state index contributed by atoms with van der Waals surface area (Å²) in [6.45, 7) is 1.75. The molecule has 1 saturated heterocycles. The molecule has 2 aromatic rings. The molecule has 1 fully saturated rings. The van der Waals surface area contributed by atoms with E-state index >= 15 is 0 Å². The molecule has 1 aliphatic rings. The first kappa shape index (κ1) is 21.0. The highest BCUT2D eigenvalue weighted by molar-refractivity contribution is 9.10. The van der Waals surface area contributed by atoms with Gasteiger partial charge < -0.3 is 10.2 Å². The Morgan fingerprint density at radius 2 is 1.86 bits per heavy atom. The molecule has 0 bridgehead atoms. The van der Waals surface area contributed by atoms with E-state index in [1.54, 1.807) is 36.7 Å².